The number of nitrogens with zero attached hydrogens (tertiary/aromatic N) is 1. The average molecular weight is 333 g/mol. The van der Waals surface area contributed by atoms with E-state index < -0.39 is 5.97 Å². The lowest BCUT2D eigenvalue weighted by Gasteiger charge is -2.36. The van der Waals surface area contributed by atoms with Crippen LogP contribution >= 0.6 is 0 Å². The van der Waals surface area contributed by atoms with Crippen LogP contribution in [-0.2, 0) is 14.3 Å². The van der Waals surface area contributed by atoms with Crippen LogP contribution in [0, 0.1) is 5.92 Å². The normalized spacial score (nSPS) is 21.1. The van der Waals surface area contributed by atoms with E-state index in [-0.39, 0.29) is 30.3 Å². The van der Waals surface area contributed by atoms with Gasteiger partial charge in [0.05, 0.1) is 25.1 Å². The maximum absolute atomic E-state index is 12.2. The molecule has 1 aromatic rings. The van der Waals surface area contributed by atoms with Crippen molar-refractivity contribution in [1.29, 1.82) is 0 Å². The van der Waals surface area contributed by atoms with Crippen molar-refractivity contribution >= 4 is 23.5 Å². The smallest absolute Gasteiger partial charge is 0.337 e. The molecule has 0 bridgehead atoms. The number of nitrogens with one attached hydrogen (secondary N) is 1. The molecule has 1 fully saturated rings. The summed E-state index contributed by atoms with van der Waals surface area (Å²) in [6, 6.07) is 6.71. The SMILES string of the molecule is COC(=O)c1ccc(NC(=O)CN2C[C@@H](C(N)=O)CC[C@@H]2C)cc1. The van der Waals surface area contributed by atoms with Crippen molar-refractivity contribution in [2.45, 2.75) is 25.8 Å². The van der Waals surface area contributed by atoms with E-state index in [0.717, 1.165) is 12.8 Å². The van der Waals surface area contributed by atoms with Gasteiger partial charge in [0.2, 0.25) is 11.8 Å². The molecule has 3 N–H and O–H groups in total. The molecule has 0 saturated carbocycles. The second-order valence-corrected chi connectivity index (χ2v) is 6.07. The summed E-state index contributed by atoms with van der Waals surface area (Å²) in [5, 5.41) is 2.79. The van der Waals surface area contributed by atoms with Crippen LogP contribution in [0.25, 0.3) is 0 Å². The largest absolute Gasteiger partial charge is 0.465 e. The third-order valence-electron chi connectivity index (χ3n) is 4.35. The maximum atomic E-state index is 12.2. The molecule has 2 atom stereocenters. The van der Waals surface area contributed by atoms with E-state index in [9.17, 15) is 14.4 Å². The Hall–Kier alpha value is -2.41. The molecule has 24 heavy (non-hydrogen) atoms. The van der Waals surface area contributed by atoms with Gasteiger partial charge in [-0.2, -0.15) is 0 Å². The second kappa shape index (κ2) is 7.92. The number of ether oxygens (including phenoxy) is 1. The van der Waals surface area contributed by atoms with E-state index >= 15 is 0 Å². The van der Waals surface area contributed by atoms with Crippen LogP contribution in [-0.4, -0.2) is 48.9 Å². The highest BCUT2D eigenvalue weighted by atomic mass is 16.5. The lowest BCUT2D eigenvalue weighted by Crippen LogP contribution is -2.48. The minimum Gasteiger partial charge on any atom is -0.465 e. The van der Waals surface area contributed by atoms with E-state index in [0.29, 0.717) is 17.8 Å². The Morgan fingerprint density at radius 2 is 1.92 bits per heavy atom. The van der Waals surface area contributed by atoms with Gasteiger partial charge in [-0.15, -0.1) is 0 Å². The Balaban J connectivity index is 1.92. The minimum atomic E-state index is -0.424. The number of amides is 2. The number of nitrogens with two attached hydrogens (primary N) is 1. The molecule has 1 aliphatic rings. The zero-order valence-electron chi connectivity index (χ0n) is 14.0. The maximum Gasteiger partial charge on any atom is 0.337 e. The van der Waals surface area contributed by atoms with Gasteiger partial charge in [0.1, 0.15) is 0 Å². The summed E-state index contributed by atoms with van der Waals surface area (Å²) in [6.07, 6.45) is 1.61. The van der Waals surface area contributed by atoms with Crippen LogP contribution in [0.1, 0.15) is 30.1 Å². The standard InChI is InChI=1S/C17H23N3O4/c1-11-3-4-13(16(18)22)9-20(11)10-15(21)19-14-7-5-12(6-8-14)17(23)24-2/h5-8,11,13H,3-4,9-10H2,1-2H3,(H2,18,22)(H,19,21)/t11-,13-/m0/s1. The van der Waals surface area contributed by atoms with E-state index in [1.807, 2.05) is 11.8 Å². The van der Waals surface area contributed by atoms with Crippen molar-refractivity contribution in [3.8, 4) is 0 Å². The number of methoxy groups -OCH3 is 1. The first-order chi connectivity index (χ1) is 11.4. The molecule has 0 spiro atoms. The van der Waals surface area contributed by atoms with Crippen molar-refractivity contribution in [2.24, 2.45) is 11.7 Å². The summed E-state index contributed by atoms with van der Waals surface area (Å²) in [5.41, 5.74) is 6.40. The molecule has 2 rings (SSSR count). The molecule has 1 aliphatic heterocycles. The van der Waals surface area contributed by atoms with Gasteiger partial charge in [0, 0.05) is 18.3 Å². The molecule has 7 nitrogen and oxygen atoms in total. The fraction of sp³-hybridized carbons (Fsp3) is 0.471. The number of hydrogen-bond donors (Lipinski definition) is 2. The monoisotopic (exact) mass is 333 g/mol. The molecule has 130 valence electrons. The number of likely N-dealkylation sites (tertiary alicyclic amines) is 1. The number of hydrogen-bond acceptors (Lipinski definition) is 5. The van der Waals surface area contributed by atoms with Crippen molar-refractivity contribution < 1.29 is 19.1 Å². The predicted molar refractivity (Wildman–Crippen MR) is 89.4 cm³/mol. The summed E-state index contributed by atoms with van der Waals surface area (Å²) in [6.45, 7) is 2.74. The molecule has 2 amide bonds. The van der Waals surface area contributed by atoms with E-state index in [4.69, 9.17) is 5.73 Å². The Kier molecular flexibility index (Phi) is 5.92. The van der Waals surface area contributed by atoms with Gasteiger partial charge in [0.25, 0.3) is 0 Å². The number of rotatable bonds is 5. The van der Waals surface area contributed by atoms with Crippen LogP contribution in [0.5, 0.6) is 0 Å². The number of anilines is 1. The van der Waals surface area contributed by atoms with Gasteiger partial charge < -0.3 is 15.8 Å². The third kappa shape index (κ3) is 4.55. The molecule has 1 aromatic carbocycles. The lowest BCUT2D eigenvalue weighted by atomic mass is 9.93. The summed E-state index contributed by atoms with van der Waals surface area (Å²) in [7, 11) is 1.32. The first-order valence-corrected chi connectivity index (χ1v) is 7.92. The predicted octanol–water partition coefficient (Wildman–Crippen LogP) is 0.998. The van der Waals surface area contributed by atoms with E-state index in [2.05, 4.69) is 10.1 Å². The van der Waals surface area contributed by atoms with Crippen molar-refractivity contribution in [3.63, 3.8) is 0 Å². The van der Waals surface area contributed by atoms with Crippen LogP contribution in [0.15, 0.2) is 24.3 Å². The van der Waals surface area contributed by atoms with Crippen LogP contribution in [0.4, 0.5) is 5.69 Å². The summed E-state index contributed by atoms with van der Waals surface area (Å²) < 4.78 is 4.63. The topological polar surface area (TPSA) is 102 Å². The van der Waals surface area contributed by atoms with Crippen LogP contribution in [0.3, 0.4) is 0 Å². The van der Waals surface area contributed by atoms with Gasteiger partial charge in [-0.1, -0.05) is 0 Å². The van der Waals surface area contributed by atoms with Crippen LogP contribution < -0.4 is 11.1 Å². The van der Waals surface area contributed by atoms with Crippen LogP contribution in [0.2, 0.25) is 0 Å². The molecule has 1 heterocycles. The fourth-order valence-corrected chi connectivity index (χ4v) is 2.82. The Morgan fingerprint density at radius 3 is 2.50 bits per heavy atom. The first kappa shape index (κ1) is 17.9. The highest BCUT2D eigenvalue weighted by Gasteiger charge is 2.29. The number of primary amides is 1. The van der Waals surface area contributed by atoms with Gasteiger partial charge in [-0.05, 0) is 44.0 Å². The van der Waals surface area contributed by atoms with Crippen molar-refractivity contribution in [1.82, 2.24) is 4.90 Å². The molecular weight excluding hydrogens is 310 g/mol. The summed E-state index contributed by atoms with van der Waals surface area (Å²) >= 11 is 0. The number of benzene rings is 1. The second-order valence-electron chi connectivity index (χ2n) is 6.07. The third-order valence-corrected chi connectivity index (χ3v) is 4.35. The van der Waals surface area contributed by atoms with E-state index in [1.165, 1.54) is 7.11 Å². The highest BCUT2D eigenvalue weighted by molar-refractivity contribution is 5.94. The summed E-state index contributed by atoms with van der Waals surface area (Å²) in [5.74, 6) is -1.11. The number of carbonyl (C=O) groups is 3. The molecular formula is C17H23N3O4. The molecule has 0 aliphatic carbocycles. The number of esters is 1. The minimum absolute atomic E-state index is 0.169. The lowest BCUT2D eigenvalue weighted by molar-refractivity contribution is -0.126. The highest BCUT2D eigenvalue weighted by Crippen LogP contribution is 2.21. The molecule has 1 saturated heterocycles. The summed E-state index contributed by atoms with van der Waals surface area (Å²) in [4.78, 5) is 36.9. The van der Waals surface area contributed by atoms with Gasteiger partial charge in [-0.3, -0.25) is 14.5 Å². The molecule has 0 unspecified atom stereocenters. The Bertz CT molecular complexity index is 615. The molecule has 7 heteroatoms. The Morgan fingerprint density at radius 1 is 1.25 bits per heavy atom. The number of piperidine rings is 1. The average Bonchev–Trinajstić information content (AvgIpc) is 2.56. The first-order valence-electron chi connectivity index (χ1n) is 7.92. The number of carbonyl (C=O) groups excluding carboxylic acids is 3. The molecule has 0 aromatic heterocycles. The van der Waals surface area contributed by atoms with Crippen molar-refractivity contribution in [2.75, 3.05) is 25.5 Å². The quantitative estimate of drug-likeness (QED) is 0.783. The fourth-order valence-electron chi connectivity index (χ4n) is 2.82. The van der Waals surface area contributed by atoms with Gasteiger partial charge >= 0.3 is 5.97 Å². The zero-order chi connectivity index (χ0) is 17.7. The Labute approximate surface area is 141 Å². The van der Waals surface area contributed by atoms with Crippen molar-refractivity contribution in [3.05, 3.63) is 29.8 Å². The zero-order valence-corrected chi connectivity index (χ0v) is 14.0. The van der Waals surface area contributed by atoms with E-state index in [1.54, 1.807) is 24.3 Å². The van der Waals surface area contributed by atoms with Gasteiger partial charge in [0.15, 0.2) is 0 Å². The van der Waals surface area contributed by atoms with Gasteiger partial charge in [-0.25, -0.2) is 4.79 Å². The molecule has 0 radical (unpaired) electrons.